The molecule has 0 aliphatic heterocycles. The van der Waals surface area contributed by atoms with Crippen LogP contribution in [0.3, 0.4) is 0 Å². The third-order valence-corrected chi connectivity index (χ3v) is 2.92. The van der Waals surface area contributed by atoms with Crippen molar-refractivity contribution in [1.29, 1.82) is 0 Å². The normalized spacial score (nSPS) is 10.2. The summed E-state index contributed by atoms with van der Waals surface area (Å²) in [5.41, 5.74) is 2.01. The van der Waals surface area contributed by atoms with Crippen molar-refractivity contribution in [2.45, 2.75) is 20.4 Å². The van der Waals surface area contributed by atoms with E-state index in [1.807, 2.05) is 19.1 Å². The Bertz CT molecular complexity index is 705. The minimum atomic E-state index is -0.321. The van der Waals surface area contributed by atoms with E-state index in [0.29, 0.717) is 11.4 Å². The second-order valence-electron chi connectivity index (χ2n) is 4.72. The average molecular weight is 287 g/mol. The van der Waals surface area contributed by atoms with E-state index in [0.717, 1.165) is 5.56 Å². The van der Waals surface area contributed by atoms with Gasteiger partial charge in [-0.2, -0.15) is 0 Å². The number of anilines is 1. The molecule has 0 aliphatic carbocycles. The molecule has 6 nitrogen and oxygen atoms in total. The zero-order valence-corrected chi connectivity index (χ0v) is 12.2. The number of methoxy groups -OCH3 is 1. The molecule has 1 amide bonds. The molecule has 0 unspecified atom stereocenters. The number of hydrogen-bond acceptors (Lipinski definition) is 4. The van der Waals surface area contributed by atoms with Gasteiger partial charge in [-0.05, 0) is 26.0 Å². The van der Waals surface area contributed by atoms with Crippen LogP contribution in [-0.4, -0.2) is 22.6 Å². The number of carbonyl (C=O) groups is 1. The maximum atomic E-state index is 12.0. The lowest BCUT2D eigenvalue weighted by Gasteiger charge is -2.11. The molecule has 0 spiro atoms. The van der Waals surface area contributed by atoms with Crippen LogP contribution in [0.25, 0.3) is 0 Å². The zero-order valence-electron chi connectivity index (χ0n) is 12.2. The summed E-state index contributed by atoms with van der Waals surface area (Å²) in [5, 5.41) is 2.73. The van der Waals surface area contributed by atoms with E-state index in [2.05, 4.69) is 10.3 Å². The van der Waals surface area contributed by atoms with Gasteiger partial charge >= 0.3 is 0 Å². The van der Waals surface area contributed by atoms with Gasteiger partial charge in [-0.25, -0.2) is 4.98 Å². The molecular weight excluding hydrogens is 270 g/mol. The second-order valence-corrected chi connectivity index (χ2v) is 4.72. The van der Waals surface area contributed by atoms with Gasteiger partial charge in [-0.15, -0.1) is 0 Å². The maximum absolute atomic E-state index is 12.0. The van der Waals surface area contributed by atoms with E-state index in [1.54, 1.807) is 19.1 Å². The smallest absolute Gasteiger partial charge is 0.299 e. The highest BCUT2D eigenvalue weighted by atomic mass is 16.5. The minimum absolute atomic E-state index is 0.124. The summed E-state index contributed by atoms with van der Waals surface area (Å²) in [6.07, 6.45) is 0. The van der Waals surface area contributed by atoms with Crippen molar-refractivity contribution >= 4 is 11.6 Å². The monoisotopic (exact) mass is 287 g/mol. The number of ether oxygens (including phenoxy) is 1. The van der Waals surface area contributed by atoms with E-state index >= 15 is 0 Å². The summed E-state index contributed by atoms with van der Waals surface area (Å²) >= 11 is 0. The summed E-state index contributed by atoms with van der Waals surface area (Å²) < 4.78 is 6.24. The molecule has 21 heavy (non-hydrogen) atoms. The highest BCUT2D eigenvalue weighted by Gasteiger charge is 2.11. The van der Waals surface area contributed by atoms with Gasteiger partial charge in [0.2, 0.25) is 5.91 Å². The van der Waals surface area contributed by atoms with Crippen LogP contribution in [0.15, 0.2) is 35.1 Å². The van der Waals surface area contributed by atoms with Gasteiger partial charge in [0.1, 0.15) is 6.54 Å². The fourth-order valence-electron chi connectivity index (χ4n) is 1.88. The van der Waals surface area contributed by atoms with Crippen molar-refractivity contribution in [1.82, 2.24) is 9.55 Å². The molecule has 1 aromatic carbocycles. The van der Waals surface area contributed by atoms with Gasteiger partial charge in [-0.1, -0.05) is 17.7 Å². The molecule has 0 bridgehead atoms. The van der Waals surface area contributed by atoms with Crippen molar-refractivity contribution in [3.05, 3.63) is 51.9 Å². The Balaban J connectivity index is 2.16. The molecule has 110 valence electrons. The number of amides is 1. The Morgan fingerprint density at radius 1 is 1.29 bits per heavy atom. The predicted molar refractivity (Wildman–Crippen MR) is 79.6 cm³/mol. The van der Waals surface area contributed by atoms with Crippen molar-refractivity contribution in [3.8, 4) is 6.01 Å². The lowest BCUT2D eigenvalue weighted by Crippen LogP contribution is -2.29. The van der Waals surface area contributed by atoms with Crippen LogP contribution in [0, 0.1) is 13.8 Å². The predicted octanol–water partition coefficient (Wildman–Crippen LogP) is 1.51. The van der Waals surface area contributed by atoms with Crippen LogP contribution < -0.4 is 15.6 Å². The van der Waals surface area contributed by atoms with E-state index in [1.165, 1.54) is 17.7 Å². The lowest BCUT2D eigenvalue weighted by atomic mass is 10.2. The molecule has 0 aliphatic rings. The van der Waals surface area contributed by atoms with Crippen LogP contribution in [0.1, 0.15) is 11.3 Å². The van der Waals surface area contributed by atoms with Gasteiger partial charge < -0.3 is 10.1 Å². The Hall–Kier alpha value is -2.63. The van der Waals surface area contributed by atoms with Crippen LogP contribution in [0.4, 0.5) is 5.69 Å². The molecule has 0 atom stereocenters. The van der Waals surface area contributed by atoms with Crippen molar-refractivity contribution in [3.63, 3.8) is 0 Å². The number of rotatable bonds is 4. The quantitative estimate of drug-likeness (QED) is 0.925. The summed E-state index contributed by atoms with van der Waals surface area (Å²) in [7, 11) is 1.41. The highest BCUT2D eigenvalue weighted by Crippen LogP contribution is 2.09. The number of nitrogens with zero attached hydrogens (tertiary/aromatic N) is 2. The summed E-state index contributed by atoms with van der Waals surface area (Å²) in [6.45, 7) is 3.51. The van der Waals surface area contributed by atoms with Crippen LogP contribution in [0.5, 0.6) is 6.01 Å². The van der Waals surface area contributed by atoms with Crippen LogP contribution >= 0.6 is 0 Å². The topological polar surface area (TPSA) is 73.2 Å². The molecule has 6 heteroatoms. The molecule has 0 saturated carbocycles. The average Bonchev–Trinajstić information content (AvgIpc) is 2.44. The van der Waals surface area contributed by atoms with Gasteiger partial charge in [-0.3, -0.25) is 14.2 Å². The summed E-state index contributed by atoms with van der Waals surface area (Å²) in [4.78, 5) is 28.0. The Morgan fingerprint density at radius 2 is 1.95 bits per heavy atom. The number of hydrogen-bond donors (Lipinski definition) is 1. The summed E-state index contributed by atoms with van der Waals surface area (Å²) in [6, 6.07) is 8.90. The second kappa shape index (κ2) is 6.21. The van der Waals surface area contributed by atoms with Gasteiger partial charge in [0, 0.05) is 17.4 Å². The van der Waals surface area contributed by atoms with E-state index in [-0.39, 0.29) is 24.0 Å². The summed E-state index contributed by atoms with van der Waals surface area (Å²) in [5.74, 6) is -0.315. The van der Waals surface area contributed by atoms with Crippen LogP contribution in [-0.2, 0) is 11.3 Å². The first-order chi connectivity index (χ1) is 9.99. The molecular formula is C15H17N3O3. The standard InChI is InChI=1S/C15H17N3O3/c1-10-4-6-12(7-5-10)17-13(19)9-18-14(20)8-11(2)16-15(18)21-3/h4-8H,9H2,1-3H3,(H,17,19). The molecule has 1 aromatic heterocycles. The molecule has 2 aromatic rings. The Morgan fingerprint density at radius 3 is 2.57 bits per heavy atom. The Kier molecular flexibility index (Phi) is 4.37. The largest absolute Gasteiger partial charge is 0.468 e. The number of aromatic nitrogens is 2. The number of aryl methyl sites for hydroxylation is 2. The first-order valence-corrected chi connectivity index (χ1v) is 6.48. The Labute approximate surface area is 122 Å². The molecule has 1 heterocycles. The molecule has 0 fully saturated rings. The molecule has 2 rings (SSSR count). The lowest BCUT2D eigenvalue weighted by molar-refractivity contribution is -0.116. The van der Waals surface area contributed by atoms with Gasteiger partial charge in [0.05, 0.1) is 7.11 Å². The molecule has 0 saturated heterocycles. The van der Waals surface area contributed by atoms with Gasteiger partial charge in [0.25, 0.3) is 11.6 Å². The van der Waals surface area contributed by atoms with Crippen LogP contribution in [0.2, 0.25) is 0 Å². The van der Waals surface area contributed by atoms with Gasteiger partial charge in [0.15, 0.2) is 0 Å². The van der Waals surface area contributed by atoms with Crippen molar-refractivity contribution in [2.24, 2.45) is 0 Å². The first kappa shape index (κ1) is 14.8. The number of benzene rings is 1. The first-order valence-electron chi connectivity index (χ1n) is 6.48. The fraction of sp³-hybridized carbons (Fsp3) is 0.267. The molecule has 1 N–H and O–H groups in total. The van der Waals surface area contributed by atoms with E-state index in [4.69, 9.17) is 4.74 Å². The third kappa shape index (κ3) is 3.68. The van der Waals surface area contributed by atoms with E-state index < -0.39 is 0 Å². The highest BCUT2D eigenvalue weighted by molar-refractivity contribution is 5.90. The zero-order chi connectivity index (χ0) is 15.4. The van der Waals surface area contributed by atoms with Crippen molar-refractivity contribution < 1.29 is 9.53 Å². The molecule has 0 radical (unpaired) electrons. The maximum Gasteiger partial charge on any atom is 0.299 e. The number of carbonyl (C=O) groups excluding carboxylic acids is 1. The SMILES string of the molecule is COc1nc(C)cc(=O)n1CC(=O)Nc1ccc(C)cc1. The minimum Gasteiger partial charge on any atom is -0.468 e. The third-order valence-electron chi connectivity index (χ3n) is 2.92. The van der Waals surface area contributed by atoms with E-state index in [9.17, 15) is 9.59 Å². The fourth-order valence-corrected chi connectivity index (χ4v) is 1.88. The number of nitrogens with one attached hydrogen (secondary N) is 1. The van der Waals surface area contributed by atoms with Crippen molar-refractivity contribution in [2.75, 3.05) is 12.4 Å².